The Morgan fingerprint density at radius 3 is 2.84 bits per heavy atom. The van der Waals surface area contributed by atoms with E-state index in [9.17, 15) is 15.0 Å². The number of aromatic nitrogens is 4. The van der Waals surface area contributed by atoms with Gasteiger partial charge in [0.05, 0.1) is 6.10 Å². The summed E-state index contributed by atoms with van der Waals surface area (Å²) in [4.78, 5) is 22.5. The molecule has 0 saturated carbocycles. The fraction of sp³-hybridized carbons (Fsp3) is 0.571. The zero-order valence-electron chi connectivity index (χ0n) is 13.3. The molecule has 4 atom stereocenters. The number of hydrogen-bond acceptors (Lipinski definition) is 9. The van der Waals surface area contributed by atoms with Crippen LogP contribution in [0.15, 0.2) is 12.7 Å². The fourth-order valence-corrected chi connectivity index (χ4v) is 2.86. The fourth-order valence-electron chi connectivity index (χ4n) is 2.86. The van der Waals surface area contributed by atoms with Crippen LogP contribution in [0.4, 0.5) is 5.82 Å². The van der Waals surface area contributed by atoms with E-state index in [2.05, 4.69) is 15.0 Å². The first-order valence-corrected chi connectivity index (χ1v) is 7.85. The third-order valence-corrected chi connectivity index (χ3v) is 4.34. The minimum atomic E-state index is -1.97. The van der Waals surface area contributed by atoms with E-state index in [1.165, 1.54) is 17.2 Å². The number of aliphatic hydroxyl groups excluding tert-OH is 1. The molecule has 3 heterocycles. The number of rotatable bonds is 7. The average Bonchev–Trinajstić information content (AvgIpc) is 3.02. The molecule has 0 aliphatic carbocycles. The number of carbonyl (C=O) groups is 1. The number of unbranched alkanes of at least 4 members (excludes halogenated alkanes) is 1. The van der Waals surface area contributed by atoms with Crippen molar-refractivity contribution in [3.63, 3.8) is 0 Å². The van der Waals surface area contributed by atoms with E-state index in [1.807, 2.05) is 0 Å². The van der Waals surface area contributed by atoms with Crippen molar-refractivity contribution in [2.24, 2.45) is 5.73 Å². The second-order valence-corrected chi connectivity index (χ2v) is 6.03. The van der Waals surface area contributed by atoms with E-state index in [1.54, 1.807) is 0 Å². The van der Waals surface area contributed by atoms with Crippen molar-refractivity contribution in [1.82, 2.24) is 19.5 Å². The summed E-state index contributed by atoms with van der Waals surface area (Å²) in [6.07, 6.45) is 2.73. The van der Waals surface area contributed by atoms with Gasteiger partial charge in [-0.2, -0.15) is 0 Å². The molecule has 1 saturated heterocycles. The Morgan fingerprint density at radius 1 is 1.40 bits per heavy atom. The second-order valence-electron chi connectivity index (χ2n) is 6.03. The molecule has 0 spiro atoms. The predicted octanol–water partition coefficient (Wildman–Crippen LogP) is -1.26. The van der Waals surface area contributed by atoms with Gasteiger partial charge < -0.3 is 31.5 Å². The predicted molar refractivity (Wildman–Crippen MR) is 84.9 cm³/mol. The zero-order chi connectivity index (χ0) is 18.2. The van der Waals surface area contributed by atoms with E-state index in [0.717, 1.165) is 0 Å². The van der Waals surface area contributed by atoms with Crippen LogP contribution in [0.2, 0.25) is 0 Å². The summed E-state index contributed by atoms with van der Waals surface area (Å²) in [5.74, 6) is -2.85. The SMILES string of the molecule is Nc1ncnc2c1ncn2C1(O)OC(CCCC[C@H](N)C(=O)O)[C@@H]1O. The first kappa shape index (κ1) is 17.5. The summed E-state index contributed by atoms with van der Waals surface area (Å²) in [5, 5.41) is 29.6. The van der Waals surface area contributed by atoms with Crippen LogP contribution in [0.5, 0.6) is 0 Å². The van der Waals surface area contributed by atoms with Gasteiger partial charge in [-0.25, -0.2) is 15.0 Å². The Hall–Kier alpha value is -2.34. The molecule has 136 valence electrons. The Morgan fingerprint density at radius 2 is 2.16 bits per heavy atom. The van der Waals surface area contributed by atoms with Gasteiger partial charge in [0, 0.05) is 0 Å². The van der Waals surface area contributed by atoms with Crippen molar-refractivity contribution in [2.75, 3.05) is 5.73 Å². The molecule has 1 aliphatic rings. The van der Waals surface area contributed by atoms with Crippen molar-refractivity contribution in [2.45, 2.75) is 49.8 Å². The molecule has 0 amide bonds. The number of imidazole rings is 1. The quantitative estimate of drug-likeness (QED) is 0.377. The number of ether oxygens (including phenoxy) is 1. The first-order valence-electron chi connectivity index (χ1n) is 7.85. The number of hydrogen-bond donors (Lipinski definition) is 5. The standard InChI is InChI=1S/C14H20N6O5/c15-7(13(22)23)3-1-2-4-8-10(21)14(24,25-8)20-6-19-9-11(16)17-5-18-12(9)20/h5-8,10,21,24H,1-4,15H2,(H,22,23)(H2,16,17,18)/t7-,8?,10-,14?/m0/s1. The summed E-state index contributed by atoms with van der Waals surface area (Å²) in [7, 11) is 0. The van der Waals surface area contributed by atoms with Gasteiger partial charge in [-0.15, -0.1) is 0 Å². The Balaban J connectivity index is 1.60. The summed E-state index contributed by atoms with van der Waals surface area (Å²) < 4.78 is 6.68. The lowest BCUT2D eigenvalue weighted by Crippen LogP contribution is -2.65. The first-order chi connectivity index (χ1) is 11.8. The number of nitrogens with zero attached hydrogens (tertiary/aromatic N) is 4. The topological polar surface area (TPSA) is 183 Å². The van der Waals surface area contributed by atoms with Crippen LogP contribution >= 0.6 is 0 Å². The van der Waals surface area contributed by atoms with Crippen LogP contribution < -0.4 is 11.5 Å². The number of carboxylic acid groups (broad SMARTS) is 1. The number of carboxylic acids is 1. The van der Waals surface area contributed by atoms with Crippen LogP contribution in [-0.4, -0.2) is 59.1 Å². The molecule has 1 fully saturated rings. The minimum Gasteiger partial charge on any atom is -0.480 e. The molecule has 0 radical (unpaired) electrons. The van der Waals surface area contributed by atoms with Crippen LogP contribution in [0, 0.1) is 0 Å². The van der Waals surface area contributed by atoms with Crippen molar-refractivity contribution in [3.05, 3.63) is 12.7 Å². The highest BCUT2D eigenvalue weighted by Crippen LogP contribution is 2.39. The van der Waals surface area contributed by atoms with Crippen LogP contribution in [0.3, 0.4) is 0 Å². The van der Waals surface area contributed by atoms with Gasteiger partial charge in [0.1, 0.15) is 24.2 Å². The van der Waals surface area contributed by atoms with E-state index < -0.39 is 30.1 Å². The lowest BCUT2D eigenvalue weighted by molar-refractivity contribution is -0.430. The maximum atomic E-state index is 10.6. The third-order valence-electron chi connectivity index (χ3n) is 4.34. The van der Waals surface area contributed by atoms with Crippen LogP contribution in [-0.2, 0) is 15.4 Å². The van der Waals surface area contributed by atoms with Gasteiger partial charge in [0.15, 0.2) is 17.6 Å². The van der Waals surface area contributed by atoms with Crippen molar-refractivity contribution in [3.8, 4) is 0 Å². The number of aliphatic hydroxyl groups is 2. The molecule has 11 heteroatoms. The molecule has 3 rings (SSSR count). The van der Waals surface area contributed by atoms with Crippen LogP contribution in [0.25, 0.3) is 11.2 Å². The van der Waals surface area contributed by atoms with Crippen LogP contribution in [0.1, 0.15) is 25.7 Å². The molecule has 1 aliphatic heterocycles. The summed E-state index contributed by atoms with van der Waals surface area (Å²) in [6, 6.07) is -0.897. The lowest BCUT2D eigenvalue weighted by atomic mass is 9.96. The number of anilines is 1. The number of nitrogens with two attached hydrogens (primary N) is 2. The molecule has 2 aromatic rings. The molecular weight excluding hydrogens is 332 g/mol. The summed E-state index contributed by atoms with van der Waals surface area (Å²) >= 11 is 0. The molecule has 11 nitrogen and oxygen atoms in total. The minimum absolute atomic E-state index is 0.160. The monoisotopic (exact) mass is 352 g/mol. The number of fused-ring (bicyclic) bond motifs is 1. The smallest absolute Gasteiger partial charge is 0.320 e. The third kappa shape index (κ3) is 3.02. The maximum absolute atomic E-state index is 10.6. The van der Waals surface area contributed by atoms with Crippen molar-refractivity contribution >= 4 is 23.0 Å². The Labute approximate surface area is 142 Å². The van der Waals surface area contributed by atoms with Gasteiger partial charge >= 0.3 is 5.97 Å². The van der Waals surface area contributed by atoms with E-state index in [4.69, 9.17) is 21.3 Å². The van der Waals surface area contributed by atoms with Gasteiger partial charge in [0.25, 0.3) is 5.91 Å². The Kier molecular flexibility index (Phi) is 4.56. The average molecular weight is 352 g/mol. The van der Waals surface area contributed by atoms with E-state index in [0.29, 0.717) is 31.2 Å². The lowest BCUT2D eigenvalue weighted by Gasteiger charge is -2.48. The van der Waals surface area contributed by atoms with E-state index in [-0.39, 0.29) is 11.5 Å². The summed E-state index contributed by atoms with van der Waals surface area (Å²) in [6.45, 7) is 0. The highest BCUT2D eigenvalue weighted by molar-refractivity contribution is 5.81. The number of nitrogen functional groups attached to an aromatic ring is 1. The van der Waals surface area contributed by atoms with Gasteiger partial charge in [-0.05, 0) is 12.8 Å². The number of aliphatic carboxylic acids is 1. The molecule has 2 unspecified atom stereocenters. The summed E-state index contributed by atoms with van der Waals surface area (Å²) in [5.41, 5.74) is 11.7. The normalized spacial score (nSPS) is 27.2. The van der Waals surface area contributed by atoms with E-state index >= 15 is 0 Å². The maximum Gasteiger partial charge on any atom is 0.320 e. The molecular formula is C14H20N6O5. The van der Waals surface area contributed by atoms with Gasteiger partial charge in [-0.1, -0.05) is 12.8 Å². The highest BCUT2D eigenvalue weighted by Gasteiger charge is 2.56. The van der Waals surface area contributed by atoms with Gasteiger partial charge in [0.2, 0.25) is 0 Å². The van der Waals surface area contributed by atoms with Gasteiger partial charge in [-0.3, -0.25) is 9.36 Å². The van der Waals surface area contributed by atoms with Crippen molar-refractivity contribution in [1.29, 1.82) is 0 Å². The Bertz CT molecular complexity index is 782. The molecule has 2 aromatic heterocycles. The molecule has 0 bridgehead atoms. The van der Waals surface area contributed by atoms with Crippen molar-refractivity contribution < 1.29 is 24.9 Å². The highest BCUT2D eigenvalue weighted by atomic mass is 16.7. The molecule has 7 N–H and O–H groups in total. The molecule has 0 aromatic carbocycles. The second kappa shape index (κ2) is 6.52. The largest absolute Gasteiger partial charge is 0.480 e. The zero-order valence-corrected chi connectivity index (χ0v) is 13.3. The molecule has 25 heavy (non-hydrogen) atoms.